The van der Waals surface area contributed by atoms with E-state index >= 15 is 0 Å². The average molecular weight is 455 g/mol. The topological polar surface area (TPSA) is 93.5 Å². The monoisotopic (exact) mass is 454 g/mol. The highest BCUT2D eigenvalue weighted by Gasteiger charge is 2.31. The van der Waals surface area contributed by atoms with Crippen LogP contribution in [0.1, 0.15) is 19.4 Å². The molecule has 1 fully saturated rings. The number of hydrogen-bond acceptors (Lipinski definition) is 6. The number of halogens is 1. The molecule has 1 aromatic heterocycles. The molecule has 10 heteroatoms. The number of nitrogens with zero attached hydrogens (tertiary/aromatic N) is 6. The van der Waals surface area contributed by atoms with Crippen LogP contribution in [0, 0.1) is 0 Å². The Bertz CT molecular complexity index is 1060. The summed E-state index contributed by atoms with van der Waals surface area (Å²) in [6.45, 7) is 3.53. The largest absolute Gasteiger partial charge is 0.415 e. The Balaban J connectivity index is 1.36. The van der Waals surface area contributed by atoms with Crippen LogP contribution in [0.2, 0.25) is 5.02 Å². The lowest BCUT2D eigenvalue weighted by atomic mass is 10.2. The first kappa shape index (κ1) is 21.8. The van der Waals surface area contributed by atoms with Gasteiger partial charge < -0.3 is 14.5 Å². The number of carbonyl (C=O) groups is 2. The van der Waals surface area contributed by atoms with E-state index in [1.807, 2.05) is 13.0 Å². The maximum Gasteiger partial charge on any atom is 0.415 e. The number of amides is 2. The quantitative estimate of drug-likeness (QED) is 0.587. The van der Waals surface area contributed by atoms with Crippen molar-refractivity contribution < 1.29 is 14.3 Å². The lowest BCUT2D eigenvalue weighted by molar-refractivity contribution is -0.137. The zero-order valence-corrected chi connectivity index (χ0v) is 18.4. The van der Waals surface area contributed by atoms with Gasteiger partial charge >= 0.3 is 6.09 Å². The molecular formula is C22H23ClN6O3. The fourth-order valence-corrected chi connectivity index (χ4v) is 3.61. The highest BCUT2D eigenvalue weighted by Crippen LogP contribution is 2.20. The lowest BCUT2D eigenvalue weighted by Crippen LogP contribution is -2.52. The van der Waals surface area contributed by atoms with Crippen LogP contribution in [0.3, 0.4) is 0 Å². The molecule has 1 aliphatic heterocycles. The van der Waals surface area contributed by atoms with Crippen LogP contribution in [-0.2, 0) is 4.79 Å². The van der Waals surface area contributed by atoms with Gasteiger partial charge in [-0.1, -0.05) is 36.7 Å². The maximum atomic E-state index is 13.1. The van der Waals surface area contributed by atoms with Gasteiger partial charge in [-0.15, -0.1) is 10.2 Å². The molecule has 1 atom stereocenters. The molecule has 2 aromatic carbocycles. The summed E-state index contributed by atoms with van der Waals surface area (Å²) in [6.07, 6.45) is 0.104. The molecule has 0 spiro atoms. The third-order valence-electron chi connectivity index (χ3n) is 5.28. The normalized spacial score (nSPS) is 14.8. The second-order valence-corrected chi connectivity index (χ2v) is 7.79. The van der Waals surface area contributed by atoms with Crippen LogP contribution >= 0.6 is 11.6 Å². The van der Waals surface area contributed by atoms with Crippen LogP contribution in [0.25, 0.3) is 11.4 Å². The highest BCUT2D eigenvalue weighted by molar-refractivity contribution is 6.30. The van der Waals surface area contributed by atoms with Crippen molar-refractivity contribution >= 4 is 23.6 Å². The average Bonchev–Trinajstić information content (AvgIpc) is 3.30. The van der Waals surface area contributed by atoms with E-state index in [9.17, 15) is 9.59 Å². The van der Waals surface area contributed by atoms with Gasteiger partial charge in [0, 0.05) is 36.8 Å². The van der Waals surface area contributed by atoms with Gasteiger partial charge in [0.05, 0.1) is 0 Å². The van der Waals surface area contributed by atoms with Crippen molar-refractivity contribution in [2.24, 2.45) is 0 Å². The van der Waals surface area contributed by atoms with Gasteiger partial charge in [0.15, 0.2) is 6.04 Å². The summed E-state index contributed by atoms with van der Waals surface area (Å²) in [5.74, 6) is 0.834. The van der Waals surface area contributed by atoms with E-state index in [-0.39, 0.29) is 5.91 Å². The minimum absolute atomic E-state index is 0.0939. The summed E-state index contributed by atoms with van der Waals surface area (Å²) in [5, 5.41) is 13.2. The molecule has 2 amide bonds. The van der Waals surface area contributed by atoms with Crippen molar-refractivity contribution in [1.82, 2.24) is 30.0 Å². The standard InChI is InChI=1S/C22H23ClN6O3/c1-2-19(29-25-20(24-26-29)16-8-10-17(23)11-9-16)21(30)27-12-14-28(15-13-27)22(31)32-18-6-4-3-5-7-18/h3-11,19H,2,12-15H2,1H3/t19-/m0/s1. The third-order valence-corrected chi connectivity index (χ3v) is 5.53. The summed E-state index contributed by atoms with van der Waals surface area (Å²) < 4.78 is 5.38. The molecule has 0 aliphatic carbocycles. The fourth-order valence-electron chi connectivity index (χ4n) is 3.48. The van der Waals surface area contributed by atoms with Crippen LogP contribution in [0.15, 0.2) is 54.6 Å². The number of ether oxygens (including phenoxy) is 1. The SMILES string of the molecule is CC[C@@H](C(=O)N1CCN(C(=O)Oc2ccccc2)CC1)n1nnc(-c2ccc(Cl)cc2)n1. The van der Waals surface area contributed by atoms with Crippen LogP contribution in [0.5, 0.6) is 5.75 Å². The first-order valence-electron chi connectivity index (χ1n) is 10.4. The molecule has 0 radical (unpaired) electrons. The van der Waals surface area contributed by atoms with Crippen molar-refractivity contribution in [3.63, 3.8) is 0 Å². The molecule has 0 bridgehead atoms. The molecule has 0 N–H and O–H groups in total. The molecule has 166 valence electrons. The number of rotatable bonds is 5. The van der Waals surface area contributed by atoms with E-state index in [2.05, 4.69) is 15.4 Å². The predicted octanol–water partition coefficient (Wildman–Crippen LogP) is 3.29. The summed E-state index contributed by atoms with van der Waals surface area (Å²) in [7, 11) is 0. The number of carbonyl (C=O) groups excluding carboxylic acids is 2. The maximum absolute atomic E-state index is 13.1. The van der Waals surface area contributed by atoms with E-state index in [1.54, 1.807) is 58.3 Å². The van der Waals surface area contributed by atoms with Crippen LogP contribution in [-0.4, -0.2) is 68.2 Å². The van der Waals surface area contributed by atoms with Crippen molar-refractivity contribution in [1.29, 1.82) is 0 Å². The van der Waals surface area contributed by atoms with Crippen LogP contribution < -0.4 is 4.74 Å². The molecule has 1 saturated heterocycles. The molecule has 2 heterocycles. The highest BCUT2D eigenvalue weighted by atomic mass is 35.5. The minimum Gasteiger partial charge on any atom is -0.410 e. The van der Waals surface area contributed by atoms with E-state index < -0.39 is 12.1 Å². The number of hydrogen-bond donors (Lipinski definition) is 0. The molecular weight excluding hydrogens is 432 g/mol. The zero-order valence-electron chi connectivity index (χ0n) is 17.6. The first-order valence-corrected chi connectivity index (χ1v) is 10.8. The van der Waals surface area contributed by atoms with E-state index in [0.29, 0.717) is 49.2 Å². The molecule has 1 aliphatic rings. The zero-order chi connectivity index (χ0) is 22.5. The van der Waals surface area contributed by atoms with Crippen molar-refractivity contribution in [2.75, 3.05) is 26.2 Å². The molecule has 3 aromatic rings. The van der Waals surface area contributed by atoms with Crippen LogP contribution in [0.4, 0.5) is 4.79 Å². The van der Waals surface area contributed by atoms with Gasteiger partial charge in [-0.2, -0.15) is 4.80 Å². The Kier molecular flexibility index (Phi) is 6.65. The van der Waals surface area contributed by atoms with Crippen molar-refractivity contribution in [3.8, 4) is 17.1 Å². The second kappa shape index (κ2) is 9.78. The van der Waals surface area contributed by atoms with Gasteiger partial charge in [-0.3, -0.25) is 4.79 Å². The molecule has 9 nitrogen and oxygen atoms in total. The van der Waals surface area contributed by atoms with E-state index in [1.165, 1.54) is 4.80 Å². The Morgan fingerprint density at radius 2 is 1.66 bits per heavy atom. The summed E-state index contributed by atoms with van der Waals surface area (Å²) in [4.78, 5) is 30.2. The predicted molar refractivity (Wildman–Crippen MR) is 118 cm³/mol. The van der Waals surface area contributed by atoms with Gasteiger partial charge in [0.1, 0.15) is 5.75 Å². The third kappa shape index (κ3) is 4.88. The van der Waals surface area contributed by atoms with Gasteiger partial charge in [-0.25, -0.2) is 4.79 Å². The van der Waals surface area contributed by atoms with E-state index in [0.717, 1.165) is 5.56 Å². The minimum atomic E-state index is -0.564. The lowest BCUT2D eigenvalue weighted by Gasteiger charge is -2.35. The van der Waals surface area contributed by atoms with Gasteiger partial charge in [0.25, 0.3) is 0 Å². The summed E-state index contributed by atoms with van der Waals surface area (Å²) in [5.41, 5.74) is 0.772. The Hall–Kier alpha value is -3.46. The number of tetrazole rings is 1. The first-order chi connectivity index (χ1) is 15.5. The van der Waals surface area contributed by atoms with Gasteiger partial charge in [-0.05, 0) is 48.0 Å². The fraction of sp³-hybridized carbons (Fsp3) is 0.318. The Morgan fingerprint density at radius 3 is 2.31 bits per heavy atom. The molecule has 0 unspecified atom stereocenters. The number of para-hydroxylation sites is 1. The number of aromatic nitrogens is 4. The Labute approximate surface area is 190 Å². The van der Waals surface area contributed by atoms with Crippen molar-refractivity contribution in [2.45, 2.75) is 19.4 Å². The number of benzene rings is 2. The Morgan fingerprint density at radius 1 is 1.00 bits per heavy atom. The molecule has 32 heavy (non-hydrogen) atoms. The van der Waals surface area contributed by atoms with E-state index in [4.69, 9.17) is 16.3 Å². The summed E-state index contributed by atoms with van der Waals surface area (Å²) >= 11 is 5.93. The number of piperazine rings is 1. The molecule has 0 saturated carbocycles. The van der Waals surface area contributed by atoms with Crippen molar-refractivity contribution in [3.05, 3.63) is 59.6 Å². The summed E-state index contributed by atoms with van der Waals surface area (Å²) in [6, 6.07) is 15.5. The van der Waals surface area contributed by atoms with Gasteiger partial charge in [0.2, 0.25) is 11.7 Å². The smallest absolute Gasteiger partial charge is 0.410 e. The molecule has 4 rings (SSSR count). The second-order valence-electron chi connectivity index (χ2n) is 7.36.